The molecule has 0 saturated heterocycles. The highest BCUT2D eigenvalue weighted by Gasteiger charge is 2.26. The van der Waals surface area contributed by atoms with Crippen molar-refractivity contribution in [2.24, 2.45) is 5.73 Å². The van der Waals surface area contributed by atoms with Crippen molar-refractivity contribution in [3.05, 3.63) is 35.5 Å². The Bertz CT molecular complexity index is 636. The van der Waals surface area contributed by atoms with E-state index >= 15 is 0 Å². The minimum Gasteiger partial charge on any atom is -0.339 e. The zero-order valence-electron chi connectivity index (χ0n) is 11.2. The molecule has 112 valence electrons. The maximum absolute atomic E-state index is 13.2. The summed E-state index contributed by atoms with van der Waals surface area (Å²) in [7, 11) is 0. The van der Waals surface area contributed by atoms with Crippen molar-refractivity contribution in [2.45, 2.75) is 37.6 Å². The maximum atomic E-state index is 13.2. The normalized spacial score (nSPS) is 22.5. The van der Waals surface area contributed by atoms with Gasteiger partial charge in [0.1, 0.15) is 0 Å². The molecular weight excluding hydrogens is 283 g/mol. The Balaban J connectivity index is 1.88. The molecule has 2 unspecified atom stereocenters. The van der Waals surface area contributed by atoms with Gasteiger partial charge in [-0.15, -0.1) is 0 Å². The van der Waals surface area contributed by atoms with E-state index < -0.39 is 17.5 Å². The molecule has 0 bridgehead atoms. The Hall–Kier alpha value is -1.89. The molecule has 4 nitrogen and oxygen atoms in total. The molecule has 1 heterocycles. The molecule has 0 aliphatic heterocycles. The van der Waals surface area contributed by atoms with Crippen LogP contribution in [0.4, 0.5) is 13.2 Å². The summed E-state index contributed by atoms with van der Waals surface area (Å²) < 4.78 is 44.5. The fourth-order valence-corrected chi connectivity index (χ4v) is 2.65. The summed E-state index contributed by atoms with van der Waals surface area (Å²) >= 11 is 0. The molecule has 2 atom stereocenters. The fraction of sp³-hybridized carbons (Fsp3) is 0.429. The molecule has 1 aromatic heterocycles. The highest BCUT2D eigenvalue weighted by atomic mass is 19.2. The number of rotatable bonds is 2. The molecular formula is C14H14F3N3O. The Labute approximate surface area is 119 Å². The molecule has 0 spiro atoms. The number of hydrogen-bond donors (Lipinski definition) is 1. The molecule has 21 heavy (non-hydrogen) atoms. The average Bonchev–Trinajstić information content (AvgIpc) is 2.94. The fourth-order valence-electron chi connectivity index (χ4n) is 2.65. The number of hydrogen-bond acceptors (Lipinski definition) is 4. The highest BCUT2D eigenvalue weighted by molar-refractivity contribution is 5.54. The molecule has 1 fully saturated rings. The van der Waals surface area contributed by atoms with Gasteiger partial charge in [-0.25, -0.2) is 13.2 Å². The van der Waals surface area contributed by atoms with Crippen LogP contribution < -0.4 is 5.73 Å². The minimum absolute atomic E-state index is 0.0431. The van der Waals surface area contributed by atoms with E-state index in [1.165, 1.54) is 0 Å². The van der Waals surface area contributed by atoms with Crippen LogP contribution in [0.25, 0.3) is 11.4 Å². The van der Waals surface area contributed by atoms with Gasteiger partial charge in [0.25, 0.3) is 0 Å². The second-order valence-electron chi connectivity index (χ2n) is 5.33. The van der Waals surface area contributed by atoms with Crippen LogP contribution in [0.1, 0.15) is 37.5 Å². The van der Waals surface area contributed by atoms with E-state index in [-0.39, 0.29) is 23.3 Å². The second-order valence-corrected chi connectivity index (χ2v) is 5.33. The largest absolute Gasteiger partial charge is 0.339 e. The van der Waals surface area contributed by atoms with Crippen LogP contribution in [0, 0.1) is 17.5 Å². The first kappa shape index (κ1) is 14.1. The summed E-state index contributed by atoms with van der Waals surface area (Å²) in [4.78, 5) is 4.16. The number of halogens is 3. The van der Waals surface area contributed by atoms with Gasteiger partial charge in [-0.05, 0) is 31.4 Å². The summed E-state index contributed by atoms with van der Waals surface area (Å²) in [6.45, 7) is 0. The summed E-state index contributed by atoms with van der Waals surface area (Å²) in [6, 6.07) is 1.79. The lowest BCUT2D eigenvalue weighted by Crippen LogP contribution is -2.26. The first-order valence-electron chi connectivity index (χ1n) is 6.78. The van der Waals surface area contributed by atoms with Gasteiger partial charge in [0.2, 0.25) is 11.7 Å². The summed E-state index contributed by atoms with van der Waals surface area (Å²) in [5.41, 5.74) is 5.95. The molecule has 1 aromatic carbocycles. The molecule has 1 aliphatic rings. The van der Waals surface area contributed by atoms with E-state index in [0.29, 0.717) is 5.89 Å². The van der Waals surface area contributed by atoms with Gasteiger partial charge in [-0.1, -0.05) is 11.6 Å². The summed E-state index contributed by atoms with van der Waals surface area (Å²) in [5, 5.41) is 3.72. The maximum Gasteiger partial charge on any atom is 0.230 e. The van der Waals surface area contributed by atoms with E-state index in [4.69, 9.17) is 10.3 Å². The van der Waals surface area contributed by atoms with E-state index in [9.17, 15) is 13.2 Å². The zero-order chi connectivity index (χ0) is 15.0. The smallest absolute Gasteiger partial charge is 0.230 e. The number of nitrogens with two attached hydrogens (primary N) is 1. The molecule has 0 amide bonds. The molecule has 3 rings (SSSR count). The SMILES string of the molecule is NC1CCCC(c2nc(-c3cc(F)c(F)c(F)c3)no2)C1. The summed E-state index contributed by atoms with van der Waals surface area (Å²) in [6.07, 6.45) is 3.57. The Kier molecular flexibility index (Phi) is 3.67. The van der Waals surface area contributed by atoms with Crippen molar-refractivity contribution < 1.29 is 17.7 Å². The first-order chi connectivity index (χ1) is 10.0. The monoisotopic (exact) mass is 297 g/mol. The van der Waals surface area contributed by atoms with Gasteiger partial charge in [0, 0.05) is 17.5 Å². The van der Waals surface area contributed by atoms with Gasteiger partial charge in [0.05, 0.1) is 0 Å². The number of benzene rings is 1. The summed E-state index contributed by atoms with van der Waals surface area (Å²) in [5.74, 6) is -3.56. The molecule has 1 saturated carbocycles. The van der Waals surface area contributed by atoms with Crippen molar-refractivity contribution in [3.63, 3.8) is 0 Å². The van der Waals surface area contributed by atoms with Gasteiger partial charge in [-0.3, -0.25) is 0 Å². The lowest BCUT2D eigenvalue weighted by molar-refractivity contribution is 0.299. The third-order valence-electron chi connectivity index (χ3n) is 3.75. The average molecular weight is 297 g/mol. The molecule has 1 aliphatic carbocycles. The topological polar surface area (TPSA) is 64.9 Å². The Morgan fingerprint density at radius 3 is 2.52 bits per heavy atom. The van der Waals surface area contributed by atoms with Crippen LogP contribution in [0.2, 0.25) is 0 Å². The standard InChI is InChI=1S/C14H14F3N3O/c15-10-5-8(6-11(16)12(10)17)13-19-14(21-20-13)7-2-1-3-9(18)4-7/h5-7,9H,1-4,18H2. The van der Waals surface area contributed by atoms with Crippen molar-refractivity contribution in [2.75, 3.05) is 0 Å². The predicted octanol–water partition coefficient (Wildman–Crippen LogP) is 3.14. The zero-order valence-corrected chi connectivity index (χ0v) is 11.2. The van der Waals surface area contributed by atoms with Gasteiger partial charge >= 0.3 is 0 Å². The first-order valence-corrected chi connectivity index (χ1v) is 6.78. The quantitative estimate of drug-likeness (QED) is 0.865. The van der Waals surface area contributed by atoms with E-state index in [2.05, 4.69) is 10.1 Å². The molecule has 7 heteroatoms. The third kappa shape index (κ3) is 2.78. The molecule has 2 N–H and O–H groups in total. The van der Waals surface area contributed by atoms with Crippen LogP contribution in [0.3, 0.4) is 0 Å². The lowest BCUT2D eigenvalue weighted by atomic mass is 9.86. The second kappa shape index (κ2) is 5.48. The number of nitrogens with zero attached hydrogens (tertiary/aromatic N) is 2. The van der Waals surface area contributed by atoms with Crippen molar-refractivity contribution in [1.82, 2.24) is 10.1 Å². The van der Waals surface area contributed by atoms with Gasteiger partial charge in [-0.2, -0.15) is 4.98 Å². The Morgan fingerprint density at radius 1 is 1.14 bits per heavy atom. The van der Waals surface area contributed by atoms with Crippen molar-refractivity contribution >= 4 is 0 Å². The van der Waals surface area contributed by atoms with Crippen molar-refractivity contribution in [3.8, 4) is 11.4 Å². The molecule has 0 radical (unpaired) electrons. The Morgan fingerprint density at radius 2 is 1.86 bits per heavy atom. The van der Waals surface area contributed by atoms with Crippen LogP contribution in [-0.4, -0.2) is 16.2 Å². The third-order valence-corrected chi connectivity index (χ3v) is 3.75. The highest BCUT2D eigenvalue weighted by Crippen LogP contribution is 2.32. The van der Waals surface area contributed by atoms with E-state index in [0.717, 1.165) is 37.8 Å². The molecule has 2 aromatic rings. The van der Waals surface area contributed by atoms with E-state index in [1.807, 2.05) is 0 Å². The van der Waals surface area contributed by atoms with Gasteiger partial charge < -0.3 is 10.3 Å². The van der Waals surface area contributed by atoms with E-state index in [1.54, 1.807) is 0 Å². The van der Waals surface area contributed by atoms with Crippen molar-refractivity contribution in [1.29, 1.82) is 0 Å². The predicted molar refractivity (Wildman–Crippen MR) is 68.8 cm³/mol. The number of aromatic nitrogens is 2. The minimum atomic E-state index is -1.51. The van der Waals surface area contributed by atoms with Crippen LogP contribution in [0.5, 0.6) is 0 Å². The van der Waals surface area contributed by atoms with Crippen LogP contribution in [0.15, 0.2) is 16.7 Å². The van der Waals surface area contributed by atoms with Crippen LogP contribution >= 0.6 is 0 Å². The van der Waals surface area contributed by atoms with Gasteiger partial charge in [0.15, 0.2) is 17.5 Å². The van der Waals surface area contributed by atoms with Crippen LogP contribution in [-0.2, 0) is 0 Å². The lowest BCUT2D eigenvalue weighted by Gasteiger charge is -2.23.